The van der Waals surface area contributed by atoms with Gasteiger partial charge in [0.15, 0.2) is 0 Å². The monoisotopic (exact) mass is 311 g/mol. The number of esters is 1. The first-order chi connectivity index (χ1) is 9.98. The van der Waals surface area contributed by atoms with E-state index < -0.39 is 11.5 Å². The van der Waals surface area contributed by atoms with Gasteiger partial charge in [-0.25, -0.2) is 4.79 Å². The van der Waals surface area contributed by atoms with Crippen molar-refractivity contribution < 1.29 is 19.4 Å². The molecule has 0 aromatic rings. The van der Waals surface area contributed by atoms with E-state index in [2.05, 4.69) is 6.58 Å². The Balaban J connectivity index is 2.87. The fourth-order valence-corrected chi connectivity index (χ4v) is 2.62. The molecule has 1 heterocycles. The molecule has 0 aromatic carbocycles. The van der Waals surface area contributed by atoms with E-state index >= 15 is 0 Å². The highest BCUT2D eigenvalue weighted by atomic mass is 16.5. The Bertz CT molecular complexity index is 442. The molecule has 1 aliphatic heterocycles. The maximum atomic E-state index is 12.8. The molecule has 22 heavy (non-hydrogen) atoms. The molecule has 1 rings (SSSR count). The number of ether oxygens (including phenoxy) is 1. The Hall–Kier alpha value is -1.52. The van der Waals surface area contributed by atoms with Crippen LogP contribution in [0.4, 0.5) is 4.79 Å². The van der Waals surface area contributed by atoms with Gasteiger partial charge in [0.1, 0.15) is 6.10 Å². The standard InChI is InChI=1S/C17H29NO4/c1-12(2)11-17(7-9-18(10-8-17)15(20)21)14(19)22-13(3)16(4,5)6/h13H,1,7-11H2,2-6H3,(H,20,21). The van der Waals surface area contributed by atoms with Crippen LogP contribution in [0.15, 0.2) is 12.2 Å². The Morgan fingerprint density at radius 2 is 1.82 bits per heavy atom. The van der Waals surface area contributed by atoms with Gasteiger partial charge >= 0.3 is 12.1 Å². The molecule has 0 radical (unpaired) electrons. The predicted octanol–water partition coefficient (Wildman–Crippen LogP) is 3.69. The third-order valence-electron chi connectivity index (χ3n) is 4.57. The quantitative estimate of drug-likeness (QED) is 0.635. The van der Waals surface area contributed by atoms with Gasteiger partial charge in [-0.2, -0.15) is 0 Å². The van der Waals surface area contributed by atoms with Gasteiger partial charge < -0.3 is 14.7 Å². The molecule has 1 fully saturated rings. The molecule has 1 saturated heterocycles. The summed E-state index contributed by atoms with van der Waals surface area (Å²) in [5.74, 6) is -0.219. The molecule has 126 valence electrons. The molecule has 1 unspecified atom stereocenters. The smallest absolute Gasteiger partial charge is 0.407 e. The Morgan fingerprint density at radius 1 is 1.32 bits per heavy atom. The molecule has 0 bridgehead atoms. The van der Waals surface area contributed by atoms with Gasteiger partial charge in [0.05, 0.1) is 5.41 Å². The summed E-state index contributed by atoms with van der Waals surface area (Å²) in [6.07, 6.45) is 0.403. The summed E-state index contributed by atoms with van der Waals surface area (Å²) >= 11 is 0. The van der Waals surface area contributed by atoms with Crippen molar-refractivity contribution in [3.63, 3.8) is 0 Å². The summed E-state index contributed by atoms with van der Waals surface area (Å²) in [5, 5.41) is 9.07. The second-order valence-electron chi connectivity index (χ2n) is 7.60. The van der Waals surface area contributed by atoms with Gasteiger partial charge in [-0.05, 0) is 38.5 Å². The molecule has 5 nitrogen and oxygen atoms in total. The molecular formula is C17H29NO4. The molecule has 1 N–H and O–H groups in total. The number of amides is 1. The van der Waals surface area contributed by atoms with Crippen LogP contribution in [0.25, 0.3) is 0 Å². The van der Waals surface area contributed by atoms with Crippen LogP contribution in [-0.4, -0.2) is 41.3 Å². The van der Waals surface area contributed by atoms with Gasteiger partial charge in [-0.1, -0.05) is 26.3 Å². The zero-order chi connectivity index (χ0) is 17.1. The number of rotatable bonds is 4. The van der Waals surface area contributed by atoms with Crippen LogP contribution < -0.4 is 0 Å². The van der Waals surface area contributed by atoms with Crippen molar-refractivity contribution in [3.05, 3.63) is 12.2 Å². The minimum Gasteiger partial charge on any atom is -0.465 e. The fraction of sp³-hybridized carbons (Fsp3) is 0.765. The number of allylic oxidation sites excluding steroid dienone is 1. The van der Waals surface area contributed by atoms with Crippen LogP contribution in [0.3, 0.4) is 0 Å². The predicted molar refractivity (Wildman–Crippen MR) is 85.7 cm³/mol. The lowest BCUT2D eigenvalue weighted by Crippen LogP contribution is -2.48. The molecule has 1 amide bonds. The maximum absolute atomic E-state index is 12.8. The van der Waals surface area contributed by atoms with Crippen LogP contribution >= 0.6 is 0 Å². The number of carboxylic acid groups (broad SMARTS) is 1. The van der Waals surface area contributed by atoms with Crippen LogP contribution in [0.2, 0.25) is 0 Å². The van der Waals surface area contributed by atoms with E-state index in [1.165, 1.54) is 4.90 Å². The number of hydrogen-bond donors (Lipinski definition) is 1. The highest BCUT2D eigenvalue weighted by Crippen LogP contribution is 2.39. The number of piperidine rings is 1. The summed E-state index contributed by atoms with van der Waals surface area (Å²) < 4.78 is 5.71. The number of carbonyl (C=O) groups is 2. The normalized spacial score (nSPS) is 19.4. The lowest BCUT2D eigenvalue weighted by molar-refractivity contribution is -0.169. The molecule has 5 heteroatoms. The molecule has 0 saturated carbocycles. The van der Waals surface area contributed by atoms with Crippen molar-refractivity contribution >= 4 is 12.1 Å². The van der Waals surface area contributed by atoms with E-state index in [1.807, 2.05) is 34.6 Å². The number of nitrogens with zero attached hydrogens (tertiary/aromatic N) is 1. The zero-order valence-electron chi connectivity index (χ0n) is 14.4. The van der Waals surface area contributed by atoms with Crippen LogP contribution in [0.5, 0.6) is 0 Å². The molecule has 1 aliphatic rings. The van der Waals surface area contributed by atoms with E-state index in [4.69, 9.17) is 9.84 Å². The molecule has 0 spiro atoms. The van der Waals surface area contributed by atoms with Crippen LogP contribution in [-0.2, 0) is 9.53 Å². The zero-order valence-corrected chi connectivity index (χ0v) is 14.4. The second kappa shape index (κ2) is 6.71. The molecule has 0 aromatic heterocycles. The SMILES string of the molecule is C=C(C)CC1(C(=O)OC(C)C(C)(C)C)CCN(C(=O)O)CC1. The van der Waals surface area contributed by atoms with Crippen molar-refractivity contribution in [1.29, 1.82) is 0 Å². The number of likely N-dealkylation sites (tertiary alicyclic amines) is 1. The largest absolute Gasteiger partial charge is 0.465 e. The highest BCUT2D eigenvalue weighted by Gasteiger charge is 2.44. The van der Waals surface area contributed by atoms with E-state index in [-0.39, 0.29) is 17.5 Å². The third kappa shape index (κ3) is 4.49. The topological polar surface area (TPSA) is 66.8 Å². The second-order valence-corrected chi connectivity index (χ2v) is 7.60. The average Bonchev–Trinajstić information content (AvgIpc) is 2.37. The molecule has 1 atom stereocenters. The first-order valence-electron chi connectivity index (χ1n) is 7.81. The van der Waals surface area contributed by atoms with Gasteiger partial charge in [0.2, 0.25) is 0 Å². The first kappa shape index (κ1) is 18.5. The average molecular weight is 311 g/mol. The minimum atomic E-state index is -0.930. The minimum absolute atomic E-state index is 0.123. The Labute approximate surface area is 133 Å². The van der Waals surface area contributed by atoms with E-state index in [1.54, 1.807) is 0 Å². The summed E-state index contributed by atoms with van der Waals surface area (Å²) in [7, 11) is 0. The van der Waals surface area contributed by atoms with Gasteiger partial charge in [0.25, 0.3) is 0 Å². The third-order valence-corrected chi connectivity index (χ3v) is 4.57. The van der Waals surface area contributed by atoms with Crippen LogP contribution in [0, 0.1) is 10.8 Å². The number of hydrogen-bond acceptors (Lipinski definition) is 3. The van der Waals surface area contributed by atoms with Crippen molar-refractivity contribution in [1.82, 2.24) is 4.90 Å². The van der Waals surface area contributed by atoms with Crippen LogP contribution in [0.1, 0.15) is 53.9 Å². The molecule has 0 aliphatic carbocycles. The van der Waals surface area contributed by atoms with Crippen molar-refractivity contribution in [2.45, 2.75) is 60.0 Å². The first-order valence-corrected chi connectivity index (χ1v) is 7.81. The summed E-state index contributed by atoms with van der Waals surface area (Å²) in [6, 6.07) is 0. The van der Waals surface area contributed by atoms with E-state index in [0.29, 0.717) is 32.4 Å². The fourth-order valence-electron chi connectivity index (χ4n) is 2.62. The lowest BCUT2D eigenvalue weighted by atomic mass is 9.74. The molecular weight excluding hydrogens is 282 g/mol. The van der Waals surface area contributed by atoms with Crippen molar-refractivity contribution in [2.24, 2.45) is 10.8 Å². The van der Waals surface area contributed by atoms with Crippen molar-refractivity contribution in [3.8, 4) is 0 Å². The van der Waals surface area contributed by atoms with E-state index in [0.717, 1.165) is 5.57 Å². The van der Waals surface area contributed by atoms with Gasteiger partial charge in [0, 0.05) is 13.1 Å². The Kier molecular flexibility index (Phi) is 5.65. The summed E-state index contributed by atoms with van der Waals surface area (Å²) in [4.78, 5) is 25.2. The van der Waals surface area contributed by atoms with Crippen molar-refractivity contribution in [2.75, 3.05) is 13.1 Å². The summed E-state index contributed by atoms with van der Waals surface area (Å²) in [5.41, 5.74) is 0.156. The lowest BCUT2D eigenvalue weighted by Gasteiger charge is -2.40. The van der Waals surface area contributed by atoms with E-state index in [9.17, 15) is 9.59 Å². The summed E-state index contributed by atoms with van der Waals surface area (Å²) in [6.45, 7) is 14.5. The highest BCUT2D eigenvalue weighted by molar-refractivity contribution is 5.78. The van der Waals surface area contributed by atoms with Gasteiger partial charge in [-0.3, -0.25) is 4.79 Å². The number of carbonyl (C=O) groups excluding carboxylic acids is 1. The maximum Gasteiger partial charge on any atom is 0.407 e. The Morgan fingerprint density at radius 3 is 2.18 bits per heavy atom. The van der Waals surface area contributed by atoms with Gasteiger partial charge in [-0.15, -0.1) is 6.58 Å².